The quantitative estimate of drug-likeness (QED) is 0.734. The van der Waals surface area contributed by atoms with E-state index in [9.17, 15) is 13.6 Å². The van der Waals surface area contributed by atoms with E-state index in [-0.39, 0.29) is 25.5 Å². The Bertz CT molecular complexity index is 202. The zero-order valence-electron chi connectivity index (χ0n) is 9.46. The van der Waals surface area contributed by atoms with Crippen molar-refractivity contribution in [2.75, 3.05) is 26.2 Å². The zero-order chi connectivity index (χ0) is 12.1. The van der Waals surface area contributed by atoms with Crippen molar-refractivity contribution in [3.05, 3.63) is 0 Å². The number of aliphatic hydroxyl groups excluding tert-OH is 1. The topological polar surface area (TPSA) is 40.5 Å². The van der Waals surface area contributed by atoms with E-state index in [1.54, 1.807) is 20.8 Å². The first-order valence-corrected chi connectivity index (χ1v) is 4.92. The molecule has 0 aliphatic carbocycles. The third-order valence-corrected chi connectivity index (χ3v) is 2.02. The highest BCUT2D eigenvalue weighted by molar-refractivity contribution is 5.85. The van der Waals surface area contributed by atoms with Gasteiger partial charge in [0.25, 0.3) is 6.43 Å². The van der Waals surface area contributed by atoms with Crippen molar-refractivity contribution in [1.82, 2.24) is 4.90 Å². The van der Waals surface area contributed by atoms with E-state index in [0.717, 1.165) is 0 Å². The third-order valence-electron chi connectivity index (χ3n) is 2.02. The summed E-state index contributed by atoms with van der Waals surface area (Å²) < 4.78 is 24.2. The number of carbonyl (C=O) groups is 1. The molecule has 15 heavy (non-hydrogen) atoms. The van der Waals surface area contributed by atoms with E-state index < -0.39 is 18.4 Å². The lowest BCUT2D eigenvalue weighted by Crippen LogP contribution is -2.39. The highest BCUT2D eigenvalue weighted by atomic mass is 19.3. The maximum atomic E-state index is 12.1. The van der Waals surface area contributed by atoms with Crippen molar-refractivity contribution in [2.45, 2.75) is 27.2 Å². The lowest BCUT2D eigenvalue weighted by Gasteiger charge is -2.24. The highest BCUT2D eigenvalue weighted by Gasteiger charge is 2.24. The van der Waals surface area contributed by atoms with E-state index >= 15 is 0 Å². The second kappa shape index (κ2) is 6.12. The lowest BCUT2D eigenvalue weighted by molar-refractivity contribution is -0.128. The number of hydrogen-bond donors (Lipinski definition) is 1. The van der Waals surface area contributed by atoms with Crippen LogP contribution in [0.1, 0.15) is 20.8 Å². The number of halogens is 2. The first-order chi connectivity index (χ1) is 6.77. The lowest BCUT2D eigenvalue weighted by atomic mass is 9.90. The van der Waals surface area contributed by atoms with Gasteiger partial charge in [-0.05, 0) is 0 Å². The summed E-state index contributed by atoms with van der Waals surface area (Å²) >= 11 is 0. The van der Waals surface area contributed by atoms with E-state index in [4.69, 9.17) is 5.11 Å². The van der Waals surface area contributed by atoms with Crippen molar-refractivity contribution in [3.63, 3.8) is 0 Å². The minimum absolute atomic E-state index is 0.0333. The van der Waals surface area contributed by atoms with Crippen molar-refractivity contribution in [1.29, 1.82) is 0 Å². The molecular weight excluding hydrogens is 204 g/mol. The number of hydrogen-bond acceptors (Lipinski definition) is 3. The summed E-state index contributed by atoms with van der Waals surface area (Å²) in [7, 11) is 0. The normalized spacial score (nSPS) is 12.5. The molecule has 0 bridgehead atoms. The number of carbonyl (C=O) groups excluding carboxylic acids is 1. The Labute approximate surface area is 89.1 Å². The predicted molar refractivity (Wildman–Crippen MR) is 54.0 cm³/mol. The van der Waals surface area contributed by atoms with Gasteiger partial charge in [0.1, 0.15) is 0 Å². The van der Waals surface area contributed by atoms with Gasteiger partial charge in [-0.3, -0.25) is 9.69 Å². The van der Waals surface area contributed by atoms with Crippen molar-refractivity contribution >= 4 is 5.78 Å². The molecule has 0 amide bonds. The minimum Gasteiger partial charge on any atom is -0.395 e. The zero-order valence-corrected chi connectivity index (χ0v) is 9.46. The van der Waals surface area contributed by atoms with Crippen LogP contribution in [-0.2, 0) is 4.79 Å². The van der Waals surface area contributed by atoms with E-state index in [1.165, 1.54) is 4.90 Å². The maximum Gasteiger partial charge on any atom is 0.251 e. The van der Waals surface area contributed by atoms with Gasteiger partial charge in [0.05, 0.1) is 19.7 Å². The summed E-state index contributed by atoms with van der Waals surface area (Å²) in [5.41, 5.74) is -0.532. The second-order valence-electron chi connectivity index (χ2n) is 4.52. The van der Waals surface area contributed by atoms with Gasteiger partial charge in [-0.25, -0.2) is 8.78 Å². The molecule has 0 saturated carbocycles. The fourth-order valence-corrected chi connectivity index (χ4v) is 1.01. The van der Waals surface area contributed by atoms with Crippen LogP contribution in [0.5, 0.6) is 0 Å². The maximum absolute atomic E-state index is 12.1. The largest absolute Gasteiger partial charge is 0.395 e. The SMILES string of the molecule is CC(C)(C)C(=O)CN(CCO)CC(F)F. The van der Waals surface area contributed by atoms with Gasteiger partial charge < -0.3 is 5.11 Å². The molecule has 0 radical (unpaired) electrons. The fourth-order valence-electron chi connectivity index (χ4n) is 1.01. The standard InChI is InChI=1S/C10H19F2NO2/c1-10(2,3)8(15)6-13(4-5-14)7-9(11)12/h9,14H,4-7H2,1-3H3. The summed E-state index contributed by atoms with van der Waals surface area (Å²) in [5.74, 6) is -0.100. The molecule has 1 N–H and O–H groups in total. The molecule has 5 heteroatoms. The summed E-state index contributed by atoms with van der Waals surface area (Å²) in [4.78, 5) is 12.8. The Morgan fingerprint density at radius 3 is 2.27 bits per heavy atom. The molecule has 90 valence electrons. The summed E-state index contributed by atoms with van der Waals surface area (Å²) in [6.45, 7) is 4.62. The molecule has 0 rings (SSSR count). The Hall–Kier alpha value is -0.550. The minimum atomic E-state index is -2.48. The van der Waals surface area contributed by atoms with E-state index in [2.05, 4.69) is 0 Å². The van der Waals surface area contributed by atoms with Gasteiger partial charge >= 0.3 is 0 Å². The van der Waals surface area contributed by atoms with Crippen molar-refractivity contribution in [3.8, 4) is 0 Å². The van der Waals surface area contributed by atoms with E-state index in [0.29, 0.717) is 0 Å². The van der Waals surface area contributed by atoms with Crippen LogP contribution in [0, 0.1) is 5.41 Å². The van der Waals surface area contributed by atoms with Crippen LogP contribution in [0.4, 0.5) is 8.78 Å². The molecule has 0 aromatic rings. The van der Waals surface area contributed by atoms with E-state index in [1.807, 2.05) is 0 Å². The smallest absolute Gasteiger partial charge is 0.251 e. The Morgan fingerprint density at radius 1 is 1.40 bits per heavy atom. The van der Waals surface area contributed by atoms with Crippen LogP contribution >= 0.6 is 0 Å². The van der Waals surface area contributed by atoms with Gasteiger partial charge in [0.15, 0.2) is 5.78 Å². The van der Waals surface area contributed by atoms with Crippen molar-refractivity contribution in [2.24, 2.45) is 5.41 Å². The molecule has 0 heterocycles. The molecule has 0 fully saturated rings. The third kappa shape index (κ3) is 6.52. The molecule has 0 aliphatic rings. The molecule has 3 nitrogen and oxygen atoms in total. The molecule has 0 aliphatic heterocycles. The monoisotopic (exact) mass is 223 g/mol. The average molecular weight is 223 g/mol. The predicted octanol–water partition coefficient (Wildman–Crippen LogP) is 1.16. The van der Waals surface area contributed by atoms with Crippen LogP contribution < -0.4 is 0 Å². The summed E-state index contributed by atoms with van der Waals surface area (Å²) in [5, 5.41) is 8.67. The summed E-state index contributed by atoms with van der Waals surface area (Å²) in [6.07, 6.45) is -2.48. The van der Waals surface area contributed by atoms with Gasteiger partial charge in [0.2, 0.25) is 0 Å². The Balaban J connectivity index is 4.22. The number of ketones is 1. The molecule has 0 aromatic heterocycles. The number of aliphatic hydroxyl groups is 1. The van der Waals surface area contributed by atoms with Crippen LogP contribution in [0.3, 0.4) is 0 Å². The molecule has 0 spiro atoms. The first kappa shape index (κ1) is 14.5. The number of Topliss-reactive ketones (excluding diaryl/α,β-unsaturated/α-hetero) is 1. The van der Waals surface area contributed by atoms with Crippen LogP contribution in [0.25, 0.3) is 0 Å². The van der Waals surface area contributed by atoms with Gasteiger partial charge in [-0.1, -0.05) is 20.8 Å². The van der Waals surface area contributed by atoms with Gasteiger partial charge in [-0.2, -0.15) is 0 Å². The van der Waals surface area contributed by atoms with Gasteiger partial charge in [-0.15, -0.1) is 0 Å². The number of nitrogens with zero attached hydrogens (tertiary/aromatic N) is 1. The van der Waals surface area contributed by atoms with Crippen LogP contribution in [-0.4, -0.2) is 48.5 Å². The number of alkyl halides is 2. The molecular formula is C10H19F2NO2. The Kier molecular flexibility index (Phi) is 5.90. The summed E-state index contributed by atoms with van der Waals surface area (Å²) in [6, 6.07) is 0. The molecule has 0 saturated heterocycles. The van der Waals surface area contributed by atoms with Gasteiger partial charge in [0, 0.05) is 12.0 Å². The first-order valence-electron chi connectivity index (χ1n) is 4.92. The highest BCUT2D eigenvalue weighted by Crippen LogP contribution is 2.15. The molecule has 0 aromatic carbocycles. The van der Waals surface area contributed by atoms with Crippen LogP contribution in [0.15, 0.2) is 0 Å². The van der Waals surface area contributed by atoms with Crippen LogP contribution in [0.2, 0.25) is 0 Å². The second-order valence-corrected chi connectivity index (χ2v) is 4.52. The average Bonchev–Trinajstić information content (AvgIpc) is 2.01. The molecule has 0 unspecified atom stereocenters. The Morgan fingerprint density at radius 2 is 1.93 bits per heavy atom. The molecule has 0 atom stereocenters. The number of rotatable bonds is 6. The van der Waals surface area contributed by atoms with Crippen molar-refractivity contribution < 1.29 is 18.7 Å². The fraction of sp³-hybridized carbons (Fsp3) is 0.900.